The molecule has 0 spiro atoms. The molecule has 0 aliphatic carbocycles. The van der Waals surface area contributed by atoms with E-state index < -0.39 is 0 Å². The molecule has 1 aromatic carbocycles. The Bertz CT molecular complexity index is 1120. The van der Waals surface area contributed by atoms with Crippen LogP contribution in [0.4, 0.5) is 0 Å². The van der Waals surface area contributed by atoms with Crippen LogP contribution in [0.25, 0.3) is 17.5 Å². The third-order valence-electron chi connectivity index (χ3n) is 4.29. The highest BCUT2D eigenvalue weighted by Gasteiger charge is 2.12. The number of allylic oxidation sites excluding steroid dienone is 1. The molecule has 3 aromatic rings. The van der Waals surface area contributed by atoms with Gasteiger partial charge in [-0.2, -0.15) is 15.5 Å². The van der Waals surface area contributed by atoms with Crippen molar-refractivity contribution in [3.05, 3.63) is 64.6 Å². The Hall–Kier alpha value is -3.37. The van der Waals surface area contributed by atoms with E-state index in [1.54, 1.807) is 21.5 Å². The molecule has 1 atom stereocenters. The summed E-state index contributed by atoms with van der Waals surface area (Å²) in [5.74, 6) is -0.0868. The number of nitriles is 1. The molecule has 0 saturated heterocycles. The van der Waals surface area contributed by atoms with Gasteiger partial charge < -0.3 is 5.32 Å². The molecule has 0 aliphatic heterocycles. The molecule has 0 radical (unpaired) electrons. The fourth-order valence-corrected chi connectivity index (χ4v) is 3.23. The number of aromatic nitrogens is 4. The number of nitrogens with zero attached hydrogens (tertiary/aromatic N) is 5. The van der Waals surface area contributed by atoms with E-state index in [1.165, 1.54) is 0 Å². The summed E-state index contributed by atoms with van der Waals surface area (Å²) in [7, 11) is 0. The lowest BCUT2D eigenvalue weighted by Gasteiger charge is -2.13. The molecule has 2 aromatic heterocycles. The first kappa shape index (κ1) is 21.3. The van der Waals surface area contributed by atoms with Crippen LogP contribution in [-0.4, -0.2) is 31.5 Å². The van der Waals surface area contributed by atoms with Crippen LogP contribution in [0.5, 0.6) is 0 Å². The van der Waals surface area contributed by atoms with Gasteiger partial charge in [0.25, 0.3) is 0 Å². The molecule has 154 valence electrons. The van der Waals surface area contributed by atoms with Gasteiger partial charge in [0, 0.05) is 30.2 Å². The van der Waals surface area contributed by atoms with Crippen LogP contribution < -0.4 is 5.32 Å². The van der Waals surface area contributed by atoms with E-state index in [0.717, 1.165) is 22.5 Å². The SMILES string of the molecule is CC(C)=Cn1ccc(CC(=O)N[C@@H](C)Cn2ccc(-c3ccc(C#N)c(Cl)c3)n2)n1. The maximum atomic E-state index is 12.3. The van der Waals surface area contributed by atoms with Crippen LogP contribution in [-0.2, 0) is 17.8 Å². The number of benzene rings is 1. The van der Waals surface area contributed by atoms with E-state index in [0.29, 0.717) is 17.1 Å². The molecular formula is C22H23ClN6O. The number of carbonyl (C=O) groups excluding carboxylic acids is 1. The van der Waals surface area contributed by atoms with Gasteiger partial charge in [0.05, 0.1) is 34.9 Å². The second kappa shape index (κ2) is 9.42. The standard InChI is InChI=1S/C22H23ClN6O/c1-15(2)13-28-8-6-19(26-28)11-22(30)25-16(3)14-29-9-7-21(27-29)17-4-5-18(12-24)20(23)10-17/h4-10,13,16H,11,14H2,1-3H3,(H,25,30)/t16-/m0/s1. The highest BCUT2D eigenvalue weighted by molar-refractivity contribution is 6.32. The van der Waals surface area contributed by atoms with Crippen LogP contribution in [0.1, 0.15) is 32.0 Å². The fraction of sp³-hybridized carbons (Fsp3) is 0.273. The Morgan fingerprint density at radius 1 is 1.27 bits per heavy atom. The van der Waals surface area contributed by atoms with E-state index in [-0.39, 0.29) is 18.4 Å². The normalized spacial score (nSPS) is 11.6. The van der Waals surface area contributed by atoms with Gasteiger partial charge in [-0.05, 0) is 45.0 Å². The van der Waals surface area contributed by atoms with Crippen LogP contribution in [0.2, 0.25) is 5.02 Å². The van der Waals surface area contributed by atoms with Crippen LogP contribution >= 0.6 is 11.6 Å². The summed E-state index contributed by atoms with van der Waals surface area (Å²) in [6.07, 6.45) is 5.81. The van der Waals surface area contributed by atoms with Gasteiger partial charge in [0.1, 0.15) is 6.07 Å². The summed E-state index contributed by atoms with van der Waals surface area (Å²) in [6.45, 7) is 6.44. The maximum absolute atomic E-state index is 12.3. The van der Waals surface area contributed by atoms with Gasteiger partial charge in [0.15, 0.2) is 0 Å². The first-order valence-electron chi connectivity index (χ1n) is 9.56. The number of halogens is 1. The highest BCUT2D eigenvalue weighted by Crippen LogP contribution is 2.24. The van der Waals surface area contributed by atoms with Crippen molar-refractivity contribution in [2.24, 2.45) is 0 Å². The zero-order chi connectivity index (χ0) is 21.7. The number of hydrogen-bond acceptors (Lipinski definition) is 4. The molecule has 2 heterocycles. The summed E-state index contributed by atoms with van der Waals surface area (Å²) < 4.78 is 3.48. The zero-order valence-electron chi connectivity index (χ0n) is 17.1. The minimum absolute atomic E-state index is 0.0868. The average molecular weight is 423 g/mol. The summed E-state index contributed by atoms with van der Waals surface area (Å²) in [6, 6.07) is 10.9. The molecule has 0 fully saturated rings. The molecule has 0 saturated carbocycles. The van der Waals surface area contributed by atoms with Crippen molar-refractivity contribution in [3.63, 3.8) is 0 Å². The first-order valence-corrected chi connectivity index (χ1v) is 9.93. The van der Waals surface area contributed by atoms with Gasteiger partial charge >= 0.3 is 0 Å². The average Bonchev–Trinajstić information content (AvgIpc) is 3.30. The monoisotopic (exact) mass is 422 g/mol. The number of rotatable bonds is 7. The molecule has 1 N–H and O–H groups in total. The predicted octanol–water partition coefficient (Wildman–Crippen LogP) is 3.90. The second-order valence-electron chi connectivity index (χ2n) is 7.37. The highest BCUT2D eigenvalue weighted by atomic mass is 35.5. The summed E-state index contributed by atoms with van der Waals surface area (Å²) in [4.78, 5) is 12.3. The number of carbonyl (C=O) groups is 1. The van der Waals surface area contributed by atoms with Gasteiger partial charge in [-0.1, -0.05) is 23.2 Å². The lowest BCUT2D eigenvalue weighted by Crippen LogP contribution is -2.36. The molecule has 0 bridgehead atoms. The van der Waals surface area contributed by atoms with E-state index in [9.17, 15) is 4.79 Å². The van der Waals surface area contributed by atoms with E-state index in [1.807, 2.05) is 63.6 Å². The van der Waals surface area contributed by atoms with Gasteiger partial charge in [-0.3, -0.25) is 9.48 Å². The van der Waals surface area contributed by atoms with Gasteiger partial charge in [0.2, 0.25) is 5.91 Å². The molecule has 1 amide bonds. The van der Waals surface area contributed by atoms with Crippen molar-refractivity contribution in [2.75, 3.05) is 0 Å². The predicted molar refractivity (Wildman–Crippen MR) is 117 cm³/mol. The maximum Gasteiger partial charge on any atom is 0.226 e. The molecule has 0 aliphatic rings. The number of hydrogen-bond donors (Lipinski definition) is 1. The van der Waals surface area contributed by atoms with Crippen molar-refractivity contribution in [3.8, 4) is 17.3 Å². The molecular weight excluding hydrogens is 400 g/mol. The summed E-state index contributed by atoms with van der Waals surface area (Å²) in [5, 5.41) is 21.3. The quantitative estimate of drug-likeness (QED) is 0.625. The smallest absolute Gasteiger partial charge is 0.226 e. The van der Waals surface area contributed by atoms with Crippen molar-refractivity contribution < 1.29 is 4.79 Å². The Morgan fingerprint density at radius 2 is 2.07 bits per heavy atom. The third kappa shape index (κ3) is 5.58. The largest absolute Gasteiger partial charge is 0.351 e. The summed E-state index contributed by atoms with van der Waals surface area (Å²) >= 11 is 6.11. The molecule has 0 unspecified atom stereocenters. The van der Waals surface area contributed by atoms with Gasteiger partial charge in [-0.25, -0.2) is 4.68 Å². The van der Waals surface area contributed by atoms with Crippen molar-refractivity contribution in [1.29, 1.82) is 5.26 Å². The summed E-state index contributed by atoms with van der Waals surface area (Å²) in [5.41, 5.74) is 3.87. The number of amides is 1. The third-order valence-corrected chi connectivity index (χ3v) is 4.60. The first-order chi connectivity index (χ1) is 14.3. The number of nitrogens with one attached hydrogen (secondary N) is 1. The molecule has 30 heavy (non-hydrogen) atoms. The van der Waals surface area contributed by atoms with E-state index in [4.69, 9.17) is 16.9 Å². The second-order valence-corrected chi connectivity index (χ2v) is 7.78. The van der Waals surface area contributed by atoms with Crippen molar-refractivity contribution >= 4 is 23.7 Å². The van der Waals surface area contributed by atoms with Crippen LogP contribution in [0.15, 0.2) is 48.3 Å². The zero-order valence-corrected chi connectivity index (χ0v) is 17.9. The minimum atomic E-state index is -0.102. The van der Waals surface area contributed by atoms with Gasteiger partial charge in [-0.15, -0.1) is 0 Å². The van der Waals surface area contributed by atoms with Crippen LogP contribution in [0, 0.1) is 11.3 Å². The molecule has 7 nitrogen and oxygen atoms in total. The Labute approximate surface area is 180 Å². The lowest BCUT2D eigenvalue weighted by atomic mass is 10.1. The van der Waals surface area contributed by atoms with Crippen LogP contribution in [0.3, 0.4) is 0 Å². The molecule has 3 rings (SSSR count). The fourth-order valence-electron chi connectivity index (χ4n) is 3.01. The minimum Gasteiger partial charge on any atom is -0.351 e. The Morgan fingerprint density at radius 3 is 2.77 bits per heavy atom. The topological polar surface area (TPSA) is 88.5 Å². The van der Waals surface area contributed by atoms with Crippen molar-refractivity contribution in [2.45, 2.75) is 39.8 Å². The van der Waals surface area contributed by atoms with E-state index in [2.05, 4.69) is 15.5 Å². The van der Waals surface area contributed by atoms with E-state index >= 15 is 0 Å². The Kier molecular flexibility index (Phi) is 6.70. The lowest BCUT2D eigenvalue weighted by molar-refractivity contribution is -0.121. The Balaban J connectivity index is 1.56. The van der Waals surface area contributed by atoms with Crippen molar-refractivity contribution in [1.82, 2.24) is 24.9 Å². The molecule has 8 heteroatoms.